The van der Waals surface area contributed by atoms with Crippen molar-refractivity contribution in [1.82, 2.24) is 10.3 Å². The predicted octanol–water partition coefficient (Wildman–Crippen LogP) is 1.98. The van der Waals surface area contributed by atoms with Crippen LogP contribution in [0.2, 0.25) is 0 Å². The van der Waals surface area contributed by atoms with E-state index in [0.717, 1.165) is 11.8 Å². The summed E-state index contributed by atoms with van der Waals surface area (Å²) in [4.78, 5) is 15.4. The summed E-state index contributed by atoms with van der Waals surface area (Å²) >= 11 is 3.33. The molecule has 76 valence electrons. The molecule has 0 saturated carbocycles. The van der Waals surface area contributed by atoms with E-state index in [2.05, 4.69) is 26.2 Å². The van der Waals surface area contributed by atoms with Crippen LogP contribution in [0.15, 0.2) is 24.5 Å². The normalized spacial score (nSPS) is 12.1. The molecular formula is C10H13BrN2O. The van der Waals surface area contributed by atoms with Gasteiger partial charge in [0, 0.05) is 29.3 Å². The molecule has 0 aliphatic heterocycles. The topological polar surface area (TPSA) is 42.0 Å². The van der Waals surface area contributed by atoms with E-state index in [-0.39, 0.29) is 11.9 Å². The van der Waals surface area contributed by atoms with Gasteiger partial charge in [0.2, 0.25) is 0 Å². The molecule has 1 rings (SSSR count). The fourth-order valence-corrected chi connectivity index (χ4v) is 1.73. The second-order valence-electron chi connectivity index (χ2n) is 3.09. The fourth-order valence-electron chi connectivity index (χ4n) is 1.05. The maximum absolute atomic E-state index is 11.6. The molecule has 0 saturated heterocycles. The Balaban J connectivity index is 2.51. The molecule has 0 radical (unpaired) electrons. The van der Waals surface area contributed by atoms with Crippen molar-refractivity contribution < 1.29 is 4.79 Å². The monoisotopic (exact) mass is 256 g/mol. The van der Waals surface area contributed by atoms with Gasteiger partial charge in [-0.15, -0.1) is 0 Å². The second kappa shape index (κ2) is 5.75. The van der Waals surface area contributed by atoms with Crippen molar-refractivity contribution in [2.75, 3.05) is 5.33 Å². The molecule has 14 heavy (non-hydrogen) atoms. The number of amides is 1. The van der Waals surface area contributed by atoms with E-state index < -0.39 is 0 Å². The van der Waals surface area contributed by atoms with Gasteiger partial charge in [-0.05, 0) is 25.5 Å². The summed E-state index contributed by atoms with van der Waals surface area (Å²) in [5.41, 5.74) is 0.654. The molecule has 0 aliphatic carbocycles. The Morgan fingerprint density at radius 2 is 2.21 bits per heavy atom. The molecule has 1 atom stereocenters. The van der Waals surface area contributed by atoms with Gasteiger partial charge >= 0.3 is 0 Å². The lowest BCUT2D eigenvalue weighted by atomic mass is 10.2. The Bertz CT molecular complexity index is 289. The van der Waals surface area contributed by atoms with Gasteiger partial charge in [0.15, 0.2) is 0 Å². The van der Waals surface area contributed by atoms with E-state index in [0.29, 0.717) is 5.56 Å². The highest BCUT2D eigenvalue weighted by Gasteiger charge is 2.07. The number of hydrogen-bond acceptors (Lipinski definition) is 2. The minimum atomic E-state index is -0.0409. The zero-order valence-corrected chi connectivity index (χ0v) is 9.62. The molecule has 1 unspecified atom stereocenters. The van der Waals surface area contributed by atoms with Crippen LogP contribution < -0.4 is 5.32 Å². The first-order valence-electron chi connectivity index (χ1n) is 4.51. The Hall–Kier alpha value is -0.900. The number of nitrogens with one attached hydrogen (secondary N) is 1. The molecule has 0 fully saturated rings. The molecule has 0 bridgehead atoms. The minimum Gasteiger partial charge on any atom is -0.350 e. The number of rotatable bonds is 4. The Morgan fingerprint density at radius 1 is 1.57 bits per heavy atom. The third kappa shape index (κ3) is 3.46. The van der Waals surface area contributed by atoms with E-state index in [9.17, 15) is 4.79 Å². The van der Waals surface area contributed by atoms with Crippen molar-refractivity contribution >= 4 is 21.8 Å². The highest BCUT2D eigenvalue weighted by atomic mass is 79.9. The number of carbonyl (C=O) groups excluding carboxylic acids is 1. The minimum absolute atomic E-state index is 0.0409. The number of nitrogens with zero attached hydrogens (tertiary/aromatic N) is 1. The van der Waals surface area contributed by atoms with Crippen molar-refractivity contribution in [2.24, 2.45) is 0 Å². The van der Waals surface area contributed by atoms with Crippen LogP contribution in [0.5, 0.6) is 0 Å². The molecule has 1 N–H and O–H groups in total. The van der Waals surface area contributed by atoms with E-state index in [1.807, 2.05) is 6.92 Å². The van der Waals surface area contributed by atoms with E-state index in [1.54, 1.807) is 24.5 Å². The number of aromatic nitrogens is 1. The van der Waals surface area contributed by atoms with Crippen LogP contribution in [0.25, 0.3) is 0 Å². The van der Waals surface area contributed by atoms with Crippen LogP contribution in [-0.4, -0.2) is 22.3 Å². The van der Waals surface area contributed by atoms with Gasteiger partial charge in [-0.25, -0.2) is 0 Å². The summed E-state index contributed by atoms with van der Waals surface area (Å²) in [6.07, 6.45) is 4.16. The van der Waals surface area contributed by atoms with Gasteiger partial charge in [-0.1, -0.05) is 15.9 Å². The van der Waals surface area contributed by atoms with Crippen molar-refractivity contribution in [3.05, 3.63) is 30.1 Å². The summed E-state index contributed by atoms with van der Waals surface area (Å²) in [6, 6.07) is 3.60. The zero-order chi connectivity index (χ0) is 10.4. The third-order valence-corrected chi connectivity index (χ3v) is 2.32. The van der Waals surface area contributed by atoms with Gasteiger partial charge < -0.3 is 5.32 Å². The Kier molecular flexibility index (Phi) is 4.59. The molecule has 0 spiro atoms. The molecule has 0 aromatic carbocycles. The lowest BCUT2D eigenvalue weighted by molar-refractivity contribution is 0.0939. The number of carbonyl (C=O) groups is 1. The fraction of sp³-hybridized carbons (Fsp3) is 0.400. The van der Waals surface area contributed by atoms with Gasteiger partial charge in [0.05, 0.1) is 0 Å². The lowest BCUT2D eigenvalue weighted by Crippen LogP contribution is -2.32. The van der Waals surface area contributed by atoms with Crippen molar-refractivity contribution in [3.63, 3.8) is 0 Å². The van der Waals surface area contributed by atoms with Crippen LogP contribution >= 0.6 is 15.9 Å². The Labute approximate surface area is 92.1 Å². The quantitative estimate of drug-likeness (QED) is 0.838. The molecule has 3 nitrogen and oxygen atoms in total. The molecule has 4 heteroatoms. The van der Waals surface area contributed by atoms with Crippen LogP contribution in [0, 0.1) is 0 Å². The van der Waals surface area contributed by atoms with Crippen LogP contribution in [0.3, 0.4) is 0 Å². The lowest BCUT2D eigenvalue weighted by Gasteiger charge is -2.11. The first kappa shape index (κ1) is 11.2. The largest absolute Gasteiger partial charge is 0.350 e. The van der Waals surface area contributed by atoms with Gasteiger partial charge in [-0.3, -0.25) is 9.78 Å². The summed E-state index contributed by atoms with van der Waals surface area (Å²) in [6.45, 7) is 1.99. The second-order valence-corrected chi connectivity index (χ2v) is 3.88. The van der Waals surface area contributed by atoms with Crippen molar-refractivity contribution in [1.29, 1.82) is 0 Å². The molecule has 1 aromatic heterocycles. The van der Waals surface area contributed by atoms with Crippen molar-refractivity contribution in [3.8, 4) is 0 Å². The number of hydrogen-bond donors (Lipinski definition) is 1. The Morgan fingerprint density at radius 3 is 2.79 bits per heavy atom. The predicted molar refractivity (Wildman–Crippen MR) is 59.6 cm³/mol. The summed E-state index contributed by atoms with van der Waals surface area (Å²) < 4.78 is 0. The number of pyridine rings is 1. The van der Waals surface area contributed by atoms with E-state index >= 15 is 0 Å². The molecule has 1 heterocycles. The van der Waals surface area contributed by atoms with E-state index in [4.69, 9.17) is 0 Å². The van der Waals surface area contributed by atoms with Gasteiger partial charge in [-0.2, -0.15) is 0 Å². The molecule has 1 aromatic rings. The van der Waals surface area contributed by atoms with Crippen LogP contribution in [0.1, 0.15) is 23.7 Å². The average Bonchev–Trinajstić information content (AvgIpc) is 2.19. The standard InChI is InChI=1S/C10H13BrN2O/c1-8(2-5-11)13-10(14)9-3-6-12-7-4-9/h3-4,6-8H,2,5H2,1H3,(H,13,14). The number of halogens is 1. The summed E-state index contributed by atoms with van der Waals surface area (Å²) in [5, 5.41) is 3.79. The maximum Gasteiger partial charge on any atom is 0.251 e. The number of alkyl halides is 1. The molecular weight excluding hydrogens is 244 g/mol. The first-order valence-corrected chi connectivity index (χ1v) is 5.63. The summed E-state index contributed by atoms with van der Waals surface area (Å²) in [7, 11) is 0. The van der Waals surface area contributed by atoms with Crippen LogP contribution in [0.4, 0.5) is 0 Å². The average molecular weight is 257 g/mol. The molecule has 0 aliphatic rings. The summed E-state index contributed by atoms with van der Waals surface area (Å²) in [5.74, 6) is -0.0409. The van der Waals surface area contributed by atoms with Crippen molar-refractivity contribution in [2.45, 2.75) is 19.4 Å². The molecule has 1 amide bonds. The maximum atomic E-state index is 11.6. The highest BCUT2D eigenvalue weighted by molar-refractivity contribution is 9.09. The van der Waals surface area contributed by atoms with Crippen LogP contribution in [-0.2, 0) is 0 Å². The third-order valence-electron chi connectivity index (χ3n) is 1.86. The SMILES string of the molecule is CC(CCBr)NC(=O)c1ccncc1. The van der Waals surface area contributed by atoms with Gasteiger partial charge in [0.1, 0.15) is 0 Å². The van der Waals surface area contributed by atoms with Gasteiger partial charge in [0.25, 0.3) is 5.91 Å². The highest BCUT2D eigenvalue weighted by Crippen LogP contribution is 1.99. The first-order chi connectivity index (χ1) is 6.74. The zero-order valence-electron chi connectivity index (χ0n) is 8.03. The smallest absolute Gasteiger partial charge is 0.251 e. The van der Waals surface area contributed by atoms with E-state index in [1.165, 1.54) is 0 Å².